The summed E-state index contributed by atoms with van der Waals surface area (Å²) in [4.78, 5) is 6.93. The third-order valence-corrected chi connectivity index (χ3v) is 7.73. The first-order valence-corrected chi connectivity index (χ1v) is 11.7. The van der Waals surface area contributed by atoms with Crippen LogP contribution in [0.4, 0.5) is 0 Å². The lowest BCUT2D eigenvalue weighted by Gasteiger charge is -2.27. The third-order valence-electron chi connectivity index (χ3n) is 4.96. The molecule has 0 aliphatic carbocycles. The molecule has 7 heteroatoms. The monoisotopic (exact) mass is 402 g/mol. The SMILES string of the molecule is COc1ccccc1CN1C(SCc2ccccc2)=N[C@@H]2CS(=O)(=O)C[C@@H]21. The second-order valence-electron chi connectivity index (χ2n) is 6.84. The van der Waals surface area contributed by atoms with E-state index in [4.69, 9.17) is 9.73 Å². The lowest BCUT2D eigenvalue weighted by atomic mass is 10.1. The van der Waals surface area contributed by atoms with E-state index < -0.39 is 9.84 Å². The Kier molecular flexibility index (Phi) is 5.14. The summed E-state index contributed by atoms with van der Waals surface area (Å²) in [6, 6.07) is 17.9. The van der Waals surface area contributed by atoms with Gasteiger partial charge in [0.05, 0.1) is 30.7 Å². The number of fused-ring (bicyclic) bond motifs is 1. The molecule has 0 saturated carbocycles. The van der Waals surface area contributed by atoms with Crippen LogP contribution in [0, 0.1) is 0 Å². The predicted octanol–water partition coefficient (Wildman–Crippen LogP) is 2.97. The Bertz CT molecular complexity index is 945. The number of amidine groups is 1. The van der Waals surface area contributed by atoms with Gasteiger partial charge in [-0.05, 0) is 11.6 Å². The first kappa shape index (κ1) is 18.4. The van der Waals surface area contributed by atoms with Crippen LogP contribution >= 0.6 is 11.8 Å². The number of methoxy groups -OCH3 is 1. The number of para-hydroxylation sites is 1. The highest BCUT2D eigenvalue weighted by Crippen LogP contribution is 2.34. The zero-order chi connectivity index (χ0) is 18.9. The second-order valence-corrected chi connectivity index (χ2v) is 9.93. The van der Waals surface area contributed by atoms with Gasteiger partial charge in [0, 0.05) is 17.9 Å². The summed E-state index contributed by atoms with van der Waals surface area (Å²) in [6.07, 6.45) is 0. The Labute approximate surface area is 164 Å². The number of rotatable bonds is 5. The van der Waals surface area contributed by atoms with E-state index in [9.17, 15) is 8.42 Å². The van der Waals surface area contributed by atoms with Crippen LogP contribution in [0.3, 0.4) is 0 Å². The van der Waals surface area contributed by atoms with Crippen molar-refractivity contribution in [3.05, 3.63) is 65.7 Å². The van der Waals surface area contributed by atoms with Gasteiger partial charge in [-0.15, -0.1) is 0 Å². The molecule has 0 radical (unpaired) electrons. The first-order chi connectivity index (χ1) is 13.1. The number of thioether (sulfide) groups is 1. The molecule has 2 atom stereocenters. The van der Waals surface area contributed by atoms with Crippen molar-refractivity contribution < 1.29 is 13.2 Å². The van der Waals surface area contributed by atoms with Crippen molar-refractivity contribution in [2.75, 3.05) is 18.6 Å². The quantitative estimate of drug-likeness (QED) is 0.770. The summed E-state index contributed by atoms with van der Waals surface area (Å²) in [5.41, 5.74) is 2.27. The zero-order valence-corrected chi connectivity index (χ0v) is 16.7. The number of benzene rings is 2. The van der Waals surface area contributed by atoms with Crippen LogP contribution in [0.1, 0.15) is 11.1 Å². The standard InChI is InChI=1S/C20H22N2O3S2/c1-25-19-10-6-5-9-16(19)11-22-18-14-27(23,24)13-17(18)21-20(22)26-12-15-7-3-2-4-8-15/h2-10,17-18H,11-14H2,1H3/t17-,18+/m1/s1. The van der Waals surface area contributed by atoms with Crippen molar-refractivity contribution in [2.45, 2.75) is 24.4 Å². The molecule has 2 aliphatic rings. The smallest absolute Gasteiger partial charge is 0.160 e. The normalized spacial score (nSPS) is 23.1. The lowest BCUT2D eigenvalue weighted by Crippen LogP contribution is -2.38. The Morgan fingerprint density at radius 2 is 1.85 bits per heavy atom. The molecular weight excluding hydrogens is 380 g/mol. The van der Waals surface area contributed by atoms with E-state index in [1.165, 1.54) is 5.56 Å². The molecule has 1 fully saturated rings. The van der Waals surface area contributed by atoms with Gasteiger partial charge >= 0.3 is 0 Å². The summed E-state index contributed by atoms with van der Waals surface area (Å²) in [6.45, 7) is 0.599. The Morgan fingerprint density at radius 1 is 1.11 bits per heavy atom. The molecule has 0 spiro atoms. The van der Waals surface area contributed by atoms with E-state index in [1.54, 1.807) is 18.9 Å². The molecule has 0 bridgehead atoms. The summed E-state index contributed by atoms with van der Waals surface area (Å²) < 4.78 is 29.7. The summed E-state index contributed by atoms with van der Waals surface area (Å²) in [7, 11) is -1.37. The average Bonchev–Trinajstić information content (AvgIpc) is 3.13. The minimum Gasteiger partial charge on any atom is -0.496 e. The third kappa shape index (κ3) is 3.99. The van der Waals surface area contributed by atoms with Crippen LogP contribution in [0.15, 0.2) is 59.6 Å². The Morgan fingerprint density at radius 3 is 2.63 bits per heavy atom. The van der Waals surface area contributed by atoms with Crippen LogP contribution in [-0.4, -0.2) is 49.2 Å². The van der Waals surface area contributed by atoms with E-state index in [2.05, 4.69) is 17.0 Å². The fourth-order valence-electron chi connectivity index (χ4n) is 3.63. The van der Waals surface area contributed by atoms with Crippen molar-refractivity contribution in [1.82, 2.24) is 4.90 Å². The highest BCUT2D eigenvalue weighted by atomic mass is 32.2. The Balaban J connectivity index is 1.58. The van der Waals surface area contributed by atoms with Gasteiger partial charge in [0.2, 0.25) is 0 Å². The summed E-state index contributed by atoms with van der Waals surface area (Å²) in [5, 5.41) is 0.926. The number of nitrogens with zero attached hydrogens (tertiary/aromatic N) is 2. The molecule has 27 heavy (non-hydrogen) atoms. The number of hydrogen-bond acceptors (Lipinski definition) is 6. The van der Waals surface area contributed by atoms with Gasteiger partial charge in [0.25, 0.3) is 0 Å². The highest BCUT2D eigenvalue weighted by Gasteiger charge is 2.46. The van der Waals surface area contributed by atoms with Crippen molar-refractivity contribution in [3.63, 3.8) is 0 Å². The minimum atomic E-state index is -3.03. The van der Waals surface area contributed by atoms with Crippen LogP contribution in [0.2, 0.25) is 0 Å². The molecule has 5 nitrogen and oxygen atoms in total. The largest absolute Gasteiger partial charge is 0.496 e. The molecule has 2 aromatic carbocycles. The van der Waals surface area contributed by atoms with E-state index >= 15 is 0 Å². The van der Waals surface area contributed by atoms with E-state index in [1.807, 2.05) is 42.5 Å². The second kappa shape index (κ2) is 7.56. The molecule has 2 heterocycles. The van der Waals surface area contributed by atoms with Crippen LogP contribution in [0.5, 0.6) is 5.75 Å². The molecule has 2 aromatic rings. The van der Waals surface area contributed by atoms with Gasteiger partial charge in [-0.1, -0.05) is 60.3 Å². The molecule has 0 N–H and O–H groups in total. The molecule has 142 valence electrons. The maximum atomic E-state index is 12.1. The van der Waals surface area contributed by atoms with Crippen LogP contribution in [-0.2, 0) is 22.1 Å². The maximum Gasteiger partial charge on any atom is 0.160 e. The van der Waals surface area contributed by atoms with Gasteiger partial charge in [0.15, 0.2) is 15.0 Å². The van der Waals surface area contributed by atoms with Crippen molar-refractivity contribution in [2.24, 2.45) is 4.99 Å². The van der Waals surface area contributed by atoms with Crippen LogP contribution < -0.4 is 4.74 Å². The number of sulfone groups is 1. The minimum absolute atomic E-state index is 0.0850. The predicted molar refractivity (Wildman–Crippen MR) is 110 cm³/mol. The highest BCUT2D eigenvalue weighted by molar-refractivity contribution is 8.13. The molecule has 0 unspecified atom stereocenters. The van der Waals surface area contributed by atoms with Gasteiger partial charge in [-0.2, -0.15) is 0 Å². The first-order valence-electron chi connectivity index (χ1n) is 8.89. The molecule has 0 amide bonds. The fourth-order valence-corrected chi connectivity index (χ4v) is 6.57. The molecule has 0 aromatic heterocycles. The van der Waals surface area contributed by atoms with Crippen molar-refractivity contribution >= 4 is 26.8 Å². The Hall–Kier alpha value is -1.99. The van der Waals surface area contributed by atoms with Gasteiger partial charge < -0.3 is 9.64 Å². The van der Waals surface area contributed by atoms with E-state index in [0.29, 0.717) is 6.54 Å². The van der Waals surface area contributed by atoms with E-state index in [-0.39, 0.29) is 23.6 Å². The van der Waals surface area contributed by atoms with Gasteiger partial charge in [-0.3, -0.25) is 4.99 Å². The number of hydrogen-bond donors (Lipinski definition) is 0. The average molecular weight is 403 g/mol. The maximum absolute atomic E-state index is 12.1. The summed E-state index contributed by atoms with van der Waals surface area (Å²) >= 11 is 1.68. The molecule has 2 aliphatic heterocycles. The summed E-state index contributed by atoms with van der Waals surface area (Å²) in [5.74, 6) is 1.95. The topological polar surface area (TPSA) is 59.0 Å². The number of ether oxygens (including phenoxy) is 1. The lowest BCUT2D eigenvalue weighted by molar-refractivity contribution is 0.332. The van der Waals surface area contributed by atoms with E-state index in [0.717, 1.165) is 22.2 Å². The van der Waals surface area contributed by atoms with Gasteiger partial charge in [-0.25, -0.2) is 8.42 Å². The molecule has 1 saturated heterocycles. The van der Waals surface area contributed by atoms with Crippen molar-refractivity contribution in [1.29, 1.82) is 0 Å². The van der Waals surface area contributed by atoms with Gasteiger partial charge in [0.1, 0.15) is 5.75 Å². The number of aliphatic imine (C=N–C) groups is 1. The zero-order valence-electron chi connectivity index (χ0n) is 15.1. The fraction of sp³-hybridized carbons (Fsp3) is 0.350. The van der Waals surface area contributed by atoms with Crippen molar-refractivity contribution in [3.8, 4) is 5.75 Å². The molecule has 4 rings (SSSR count). The molecular formula is C20H22N2O3S2. The van der Waals surface area contributed by atoms with Crippen LogP contribution in [0.25, 0.3) is 0 Å².